The van der Waals surface area contributed by atoms with Crippen LogP contribution in [-0.4, -0.2) is 44.7 Å². The Morgan fingerprint density at radius 2 is 1.75 bits per heavy atom. The van der Waals surface area contributed by atoms with Crippen LogP contribution in [0.15, 0.2) is 18.2 Å². The van der Waals surface area contributed by atoms with Gasteiger partial charge in [-0.15, -0.1) is 0 Å². The van der Waals surface area contributed by atoms with Gasteiger partial charge < -0.3 is 15.0 Å². The second-order valence-electron chi connectivity index (χ2n) is 8.99. The van der Waals surface area contributed by atoms with E-state index in [1.165, 1.54) is 17.5 Å². The van der Waals surface area contributed by atoms with E-state index in [1.807, 2.05) is 0 Å². The van der Waals surface area contributed by atoms with Crippen LogP contribution in [0, 0.1) is 5.41 Å². The number of piperazine rings is 1. The maximum Gasteiger partial charge on any atom is 0.122 e. The molecule has 0 aromatic heterocycles. The number of methoxy groups -OCH3 is 1. The summed E-state index contributed by atoms with van der Waals surface area (Å²) in [4.78, 5) is 2.54. The minimum absolute atomic E-state index is 0.175. The fourth-order valence-electron chi connectivity index (χ4n) is 4.04. The van der Waals surface area contributed by atoms with Gasteiger partial charge in [0.25, 0.3) is 0 Å². The Hall–Kier alpha value is -1.06. The van der Waals surface area contributed by atoms with Crippen LogP contribution in [0.5, 0.6) is 5.75 Å². The van der Waals surface area contributed by atoms with Crippen molar-refractivity contribution in [3.05, 3.63) is 29.3 Å². The summed E-state index contributed by atoms with van der Waals surface area (Å²) in [6.45, 7) is 17.3. The van der Waals surface area contributed by atoms with E-state index in [2.05, 4.69) is 63.0 Å². The summed E-state index contributed by atoms with van der Waals surface area (Å²) in [5.74, 6) is 1.03. The molecule has 1 aromatic rings. The standard InChI is InChI=1S/C21H36N2O/c1-20(2,3)16-21(4,5)18-7-8-19(24-6)17(15-18)9-12-23-13-10-22-11-14-23/h7-8,15,22H,9-14,16H2,1-6H3. The van der Waals surface area contributed by atoms with Crippen LogP contribution in [0.2, 0.25) is 0 Å². The van der Waals surface area contributed by atoms with Crippen LogP contribution >= 0.6 is 0 Å². The summed E-state index contributed by atoms with van der Waals surface area (Å²) in [5, 5.41) is 3.42. The quantitative estimate of drug-likeness (QED) is 0.856. The Bertz CT molecular complexity index is 525. The van der Waals surface area contributed by atoms with Crippen molar-refractivity contribution in [1.29, 1.82) is 0 Å². The van der Waals surface area contributed by atoms with Crippen molar-refractivity contribution in [3.63, 3.8) is 0 Å². The first-order valence-electron chi connectivity index (χ1n) is 9.32. The van der Waals surface area contributed by atoms with Crippen molar-refractivity contribution in [2.45, 2.75) is 52.9 Å². The first-order valence-corrected chi connectivity index (χ1v) is 9.32. The molecule has 0 spiro atoms. The average Bonchev–Trinajstić information content (AvgIpc) is 2.51. The fourth-order valence-corrected chi connectivity index (χ4v) is 4.04. The van der Waals surface area contributed by atoms with Gasteiger partial charge in [-0.25, -0.2) is 0 Å². The largest absolute Gasteiger partial charge is 0.496 e. The van der Waals surface area contributed by atoms with E-state index < -0.39 is 0 Å². The summed E-state index contributed by atoms with van der Waals surface area (Å²) >= 11 is 0. The van der Waals surface area contributed by atoms with Gasteiger partial charge in [-0.2, -0.15) is 0 Å². The molecular weight excluding hydrogens is 296 g/mol. The second-order valence-corrected chi connectivity index (χ2v) is 8.99. The smallest absolute Gasteiger partial charge is 0.122 e. The molecule has 0 saturated carbocycles. The molecule has 3 heteroatoms. The molecule has 24 heavy (non-hydrogen) atoms. The molecule has 1 heterocycles. The first kappa shape index (κ1) is 19.3. The van der Waals surface area contributed by atoms with Crippen molar-refractivity contribution < 1.29 is 4.74 Å². The molecule has 0 unspecified atom stereocenters. The van der Waals surface area contributed by atoms with E-state index in [1.54, 1.807) is 7.11 Å². The summed E-state index contributed by atoms with van der Waals surface area (Å²) in [6.07, 6.45) is 2.23. The molecule has 1 aliphatic rings. The van der Waals surface area contributed by atoms with Gasteiger partial charge in [0.1, 0.15) is 5.75 Å². The maximum absolute atomic E-state index is 5.62. The number of nitrogens with one attached hydrogen (secondary N) is 1. The Kier molecular flexibility index (Phi) is 6.33. The van der Waals surface area contributed by atoms with Crippen LogP contribution in [0.25, 0.3) is 0 Å². The van der Waals surface area contributed by atoms with Crippen LogP contribution in [0.1, 0.15) is 52.2 Å². The number of hydrogen-bond donors (Lipinski definition) is 1. The highest BCUT2D eigenvalue weighted by Crippen LogP contribution is 2.37. The zero-order chi connectivity index (χ0) is 17.8. The van der Waals surface area contributed by atoms with Gasteiger partial charge in [0.05, 0.1) is 7.11 Å². The molecule has 0 radical (unpaired) electrons. The second kappa shape index (κ2) is 7.88. The molecule has 136 valence electrons. The highest BCUT2D eigenvalue weighted by atomic mass is 16.5. The predicted molar refractivity (Wildman–Crippen MR) is 103 cm³/mol. The molecular formula is C21H36N2O. The van der Waals surface area contributed by atoms with Gasteiger partial charge >= 0.3 is 0 Å². The van der Waals surface area contributed by atoms with Gasteiger partial charge in [0.2, 0.25) is 0 Å². The lowest BCUT2D eigenvalue weighted by Crippen LogP contribution is -2.44. The molecule has 1 fully saturated rings. The van der Waals surface area contributed by atoms with E-state index in [0.717, 1.165) is 44.9 Å². The lowest BCUT2D eigenvalue weighted by Gasteiger charge is -2.33. The molecule has 0 atom stereocenters. The average molecular weight is 333 g/mol. The third-order valence-electron chi connectivity index (χ3n) is 4.94. The number of nitrogens with zero attached hydrogens (tertiary/aromatic N) is 1. The van der Waals surface area contributed by atoms with Crippen LogP contribution < -0.4 is 10.1 Å². The zero-order valence-corrected chi connectivity index (χ0v) is 16.5. The molecule has 0 aliphatic carbocycles. The first-order chi connectivity index (χ1) is 11.2. The van der Waals surface area contributed by atoms with E-state index in [-0.39, 0.29) is 5.41 Å². The molecule has 1 aliphatic heterocycles. The fraction of sp³-hybridized carbons (Fsp3) is 0.714. The van der Waals surface area contributed by atoms with Gasteiger partial charge in [0.15, 0.2) is 0 Å². The van der Waals surface area contributed by atoms with E-state index >= 15 is 0 Å². The topological polar surface area (TPSA) is 24.5 Å². The summed E-state index contributed by atoms with van der Waals surface area (Å²) < 4.78 is 5.62. The minimum atomic E-state index is 0.175. The SMILES string of the molecule is COc1ccc(C(C)(C)CC(C)(C)C)cc1CCN1CCNCC1. The van der Waals surface area contributed by atoms with E-state index in [9.17, 15) is 0 Å². The molecule has 1 N–H and O–H groups in total. The number of benzene rings is 1. The van der Waals surface area contributed by atoms with Gasteiger partial charge in [-0.05, 0) is 40.9 Å². The summed E-state index contributed by atoms with van der Waals surface area (Å²) in [5.41, 5.74) is 3.27. The van der Waals surface area contributed by atoms with Crippen LogP contribution in [0.3, 0.4) is 0 Å². The van der Waals surface area contributed by atoms with Crippen molar-refractivity contribution in [3.8, 4) is 5.75 Å². The van der Waals surface area contributed by atoms with Gasteiger partial charge in [-0.1, -0.05) is 46.8 Å². The van der Waals surface area contributed by atoms with Gasteiger partial charge in [0, 0.05) is 32.7 Å². The van der Waals surface area contributed by atoms with E-state index in [0.29, 0.717) is 5.41 Å². The highest BCUT2D eigenvalue weighted by molar-refractivity contribution is 5.40. The van der Waals surface area contributed by atoms with Crippen molar-refractivity contribution >= 4 is 0 Å². The molecule has 3 nitrogen and oxygen atoms in total. The van der Waals surface area contributed by atoms with Crippen LogP contribution in [0.4, 0.5) is 0 Å². The Morgan fingerprint density at radius 1 is 1.08 bits per heavy atom. The normalized spacial score (nSPS) is 17.1. The molecule has 1 aromatic carbocycles. The van der Waals surface area contributed by atoms with Crippen molar-refractivity contribution in [2.24, 2.45) is 5.41 Å². The Morgan fingerprint density at radius 3 is 2.33 bits per heavy atom. The monoisotopic (exact) mass is 332 g/mol. The number of ether oxygens (including phenoxy) is 1. The summed E-state index contributed by atoms with van der Waals surface area (Å²) in [7, 11) is 1.78. The molecule has 0 bridgehead atoms. The molecule has 0 amide bonds. The highest BCUT2D eigenvalue weighted by Gasteiger charge is 2.28. The summed E-state index contributed by atoms with van der Waals surface area (Å²) in [6, 6.07) is 6.79. The third-order valence-corrected chi connectivity index (χ3v) is 4.94. The zero-order valence-electron chi connectivity index (χ0n) is 16.5. The van der Waals surface area contributed by atoms with Gasteiger partial charge in [-0.3, -0.25) is 0 Å². The number of hydrogen-bond acceptors (Lipinski definition) is 3. The Labute approximate surface area is 148 Å². The molecule has 1 saturated heterocycles. The lowest BCUT2D eigenvalue weighted by molar-refractivity contribution is 0.243. The van der Waals surface area contributed by atoms with Crippen molar-refractivity contribution in [2.75, 3.05) is 39.8 Å². The minimum Gasteiger partial charge on any atom is -0.496 e. The van der Waals surface area contributed by atoms with Crippen molar-refractivity contribution in [1.82, 2.24) is 10.2 Å². The maximum atomic E-state index is 5.62. The number of rotatable bonds is 6. The van der Waals surface area contributed by atoms with Crippen LogP contribution in [-0.2, 0) is 11.8 Å². The Balaban J connectivity index is 2.14. The molecule has 2 rings (SSSR count). The van der Waals surface area contributed by atoms with E-state index in [4.69, 9.17) is 4.74 Å². The third kappa shape index (κ3) is 5.49. The predicted octanol–water partition coefficient (Wildman–Crippen LogP) is 3.86. The lowest BCUT2D eigenvalue weighted by atomic mass is 9.72.